The second kappa shape index (κ2) is 5.46. The highest BCUT2D eigenvalue weighted by Crippen LogP contribution is 2.32. The number of nitrogens with zero attached hydrogens (tertiary/aromatic N) is 1. The zero-order valence-corrected chi connectivity index (χ0v) is 11.0. The Morgan fingerprint density at radius 2 is 2.15 bits per heavy atom. The fraction of sp³-hybridized carbons (Fsp3) is 0.333. The van der Waals surface area contributed by atoms with Crippen LogP contribution in [0.5, 0.6) is 0 Å². The number of hydrogen-bond donors (Lipinski definition) is 2. The van der Waals surface area contributed by atoms with Crippen LogP contribution in [0.1, 0.15) is 23.4 Å². The smallest absolute Gasteiger partial charge is 0.290 e. The third-order valence-electron chi connectivity index (χ3n) is 3.44. The van der Waals surface area contributed by atoms with Gasteiger partial charge in [-0.05, 0) is 18.8 Å². The molecule has 1 aromatic heterocycles. The minimum absolute atomic E-state index is 0.159. The normalized spacial score (nSPS) is 15.8. The molecule has 1 saturated carbocycles. The second-order valence-electron chi connectivity index (χ2n) is 5.06. The van der Waals surface area contributed by atoms with Crippen molar-refractivity contribution in [2.45, 2.75) is 18.9 Å². The minimum atomic E-state index is -0.463. The molecule has 104 valence electrons. The van der Waals surface area contributed by atoms with E-state index in [2.05, 4.69) is 10.5 Å². The molecular formula is C15H16N2O3. The summed E-state index contributed by atoms with van der Waals surface area (Å²) >= 11 is 0. The third kappa shape index (κ3) is 2.88. The Bertz CT molecular complexity index is 590. The predicted molar refractivity (Wildman–Crippen MR) is 73.0 cm³/mol. The van der Waals surface area contributed by atoms with Gasteiger partial charge in [0.15, 0.2) is 0 Å². The van der Waals surface area contributed by atoms with Crippen molar-refractivity contribution in [3.05, 3.63) is 42.2 Å². The maximum Gasteiger partial charge on any atom is 0.290 e. The van der Waals surface area contributed by atoms with Gasteiger partial charge in [0.25, 0.3) is 5.91 Å². The Morgan fingerprint density at radius 3 is 2.85 bits per heavy atom. The fourth-order valence-electron chi connectivity index (χ4n) is 2.06. The molecule has 2 aromatic rings. The molecule has 0 saturated heterocycles. The van der Waals surface area contributed by atoms with Crippen LogP contribution in [-0.2, 0) is 0 Å². The van der Waals surface area contributed by atoms with Crippen molar-refractivity contribution >= 4 is 5.91 Å². The Morgan fingerprint density at radius 1 is 1.40 bits per heavy atom. The van der Waals surface area contributed by atoms with Gasteiger partial charge in [0, 0.05) is 18.2 Å². The van der Waals surface area contributed by atoms with Crippen molar-refractivity contribution in [2.24, 2.45) is 5.92 Å². The molecule has 1 aliphatic carbocycles. The van der Waals surface area contributed by atoms with Gasteiger partial charge in [-0.15, -0.1) is 0 Å². The summed E-state index contributed by atoms with van der Waals surface area (Å²) in [4.78, 5) is 11.9. The van der Waals surface area contributed by atoms with E-state index in [4.69, 9.17) is 4.52 Å². The summed E-state index contributed by atoms with van der Waals surface area (Å²) in [7, 11) is 0. The van der Waals surface area contributed by atoms with Crippen LogP contribution in [0.3, 0.4) is 0 Å². The minimum Gasteiger partial charge on any atom is -0.391 e. The summed E-state index contributed by atoms with van der Waals surface area (Å²) in [5.41, 5.74) is 1.52. The highest BCUT2D eigenvalue weighted by Gasteiger charge is 2.30. The summed E-state index contributed by atoms with van der Waals surface area (Å²) in [5.74, 6) is 0.149. The van der Waals surface area contributed by atoms with Gasteiger partial charge >= 0.3 is 0 Å². The molecule has 20 heavy (non-hydrogen) atoms. The highest BCUT2D eigenvalue weighted by atomic mass is 16.5. The third-order valence-corrected chi connectivity index (χ3v) is 3.44. The number of amides is 1. The fourth-order valence-corrected chi connectivity index (χ4v) is 2.06. The lowest BCUT2D eigenvalue weighted by Gasteiger charge is -2.08. The van der Waals surface area contributed by atoms with Crippen molar-refractivity contribution in [1.82, 2.24) is 10.5 Å². The van der Waals surface area contributed by atoms with E-state index >= 15 is 0 Å². The Labute approximate surface area is 116 Å². The average molecular weight is 272 g/mol. The van der Waals surface area contributed by atoms with Gasteiger partial charge in [0.2, 0.25) is 5.76 Å². The van der Waals surface area contributed by atoms with Crippen molar-refractivity contribution in [3.8, 4) is 11.3 Å². The number of rotatable bonds is 5. The summed E-state index contributed by atoms with van der Waals surface area (Å²) in [6.07, 6.45) is 1.62. The molecule has 0 aliphatic heterocycles. The Hall–Kier alpha value is -2.14. The SMILES string of the molecule is O=C(NCC(O)C1CC1)c1cc(-c2ccccc2)no1. The van der Waals surface area contributed by atoms with E-state index in [1.807, 2.05) is 30.3 Å². The topological polar surface area (TPSA) is 75.4 Å². The van der Waals surface area contributed by atoms with Crippen LogP contribution in [0.4, 0.5) is 0 Å². The van der Waals surface area contributed by atoms with Crippen molar-refractivity contribution < 1.29 is 14.4 Å². The number of nitrogens with one attached hydrogen (secondary N) is 1. The molecule has 5 heteroatoms. The monoisotopic (exact) mass is 272 g/mol. The van der Waals surface area contributed by atoms with Crippen LogP contribution in [0.25, 0.3) is 11.3 Å². The highest BCUT2D eigenvalue weighted by molar-refractivity contribution is 5.92. The number of carbonyl (C=O) groups excluding carboxylic acids is 1. The zero-order valence-electron chi connectivity index (χ0n) is 11.0. The first-order chi connectivity index (χ1) is 9.74. The van der Waals surface area contributed by atoms with E-state index in [-0.39, 0.29) is 18.2 Å². The van der Waals surface area contributed by atoms with Gasteiger partial charge in [0.1, 0.15) is 5.69 Å². The summed E-state index contributed by atoms with van der Waals surface area (Å²) < 4.78 is 5.05. The van der Waals surface area contributed by atoms with E-state index in [1.54, 1.807) is 6.07 Å². The van der Waals surface area contributed by atoms with E-state index in [1.165, 1.54) is 0 Å². The summed E-state index contributed by atoms with van der Waals surface area (Å²) in [5, 5.41) is 16.3. The molecule has 1 atom stereocenters. The molecule has 5 nitrogen and oxygen atoms in total. The Kier molecular flexibility index (Phi) is 3.52. The largest absolute Gasteiger partial charge is 0.391 e. The van der Waals surface area contributed by atoms with Gasteiger partial charge in [0.05, 0.1) is 6.10 Å². The molecule has 1 unspecified atom stereocenters. The van der Waals surface area contributed by atoms with Crippen molar-refractivity contribution in [3.63, 3.8) is 0 Å². The molecular weight excluding hydrogens is 256 g/mol. The first-order valence-electron chi connectivity index (χ1n) is 6.72. The zero-order chi connectivity index (χ0) is 13.9. The number of carbonyl (C=O) groups is 1. The van der Waals surface area contributed by atoms with E-state index < -0.39 is 6.10 Å². The van der Waals surface area contributed by atoms with Crippen LogP contribution in [-0.4, -0.2) is 28.8 Å². The molecule has 0 spiro atoms. The predicted octanol–water partition coefficient (Wildman–Crippen LogP) is 1.84. The van der Waals surface area contributed by atoms with Crippen molar-refractivity contribution in [1.29, 1.82) is 0 Å². The first kappa shape index (κ1) is 12.9. The van der Waals surface area contributed by atoms with Gasteiger partial charge in [-0.1, -0.05) is 35.5 Å². The number of benzene rings is 1. The summed E-state index contributed by atoms with van der Waals surface area (Å²) in [6.45, 7) is 0.255. The second-order valence-corrected chi connectivity index (χ2v) is 5.06. The number of aliphatic hydroxyl groups excluding tert-OH is 1. The van der Waals surface area contributed by atoms with Crippen LogP contribution in [0, 0.1) is 5.92 Å². The molecule has 0 radical (unpaired) electrons. The molecule has 1 fully saturated rings. The van der Waals surface area contributed by atoms with E-state index in [0.717, 1.165) is 18.4 Å². The molecule has 1 heterocycles. The average Bonchev–Trinajstić information content (AvgIpc) is 3.22. The van der Waals surface area contributed by atoms with Crippen molar-refractivity contribution in [2.75, 3.05) is 6.54 Å². The Balaban J connectivity index is 1.62. The standard InChI is InChI=1S/C15H16N2O3/c18-13(11-6-7-11)9-16-15(19)14-8-12(17-20-14)10-4-2-1-3-5-10/h1-5,8,11,13,18H,6-7,9H2,(H,16,19). The van der Waals surface area contributed by atoms with Gasteiger partial charge < -0.3 is 14.9 Å². The molecule has 1 amide bonds. The summed E-state index contributed by atoms with van der Waals surface area (Å²) in [6, 6.07) is 11.1. The first-order valence-corrected chi connectivity index (χ1v) is 6.72. The lowest BCUT2D eigenvalue weighted by atomic mass is 10.1. The van der Waals surface area contributed by atoms with Gasteiger partial charge in [-0.3, -0.25) is 4.79 Å². The van der Waals surface area contributed by atoms with Crippen LogP contribution < -0.4 is 5.32 Å². The molecule has 0 bridgehead atoms. The maximum absolute atomic E-state index is 11.9. The molecule has 2 N–H and O–H groups in total. The molecule has 3 rings (SSSR count). The molecule has 1 aliphatic rings. The van der Waals surface area contributed by atoms with Crippen LogP contribution in [0.2, 0.25) is 0 Å². The maximum atomic E-state index is 11.9. The van der Waals surface area contributed by atoms with Crippen LogP contribution in [0.15, 0.2) is 40.9 Å². The quantitative estimate of drug-likeness (QED) is 0.871. The molecule has 1 aromatic carbocycles. The van der Waals surface area contributed by atoms with E-state index in [9.17, 15) is 9.90 Å². The lowest BCUT2D eigenvalue weighted by molar-refractivity contribution is 0.0866. The number of aliphatic hydroxyl groups is 1. The van der Waals surface area contributed by atoms with Gasteiger partial charge in [-0.25, -0.2) is 0 Å². The lowest BCUT2D eigenvalue weighted by Crippen LogP contribution is -2.32. The number of hydrogen-bond acceptors (Lipinski definition) is 4. The van der Waals surface area contributed by atoms with Crippen LogP contribution >= 0.6 is 0 Å². The van der Waals surface area contributed by atoms with E-state index in [0.29, 0.717) is 11.6 Å². The van der Waals surface area contributed by atoms with Gasteiger partial charge in [-0.2, -0.15) is 0 Å². The number of aromatic nitrogens is 1.